The van der Waals surface area contributed by atoms with E-state index >= 15 is 0 Å². The van der Waals surface area contributed by atoms with Crippen LogP contribution < -0.4 is 10.6 Å². The molecule has 1 unspecified atom stereocenters. The number of hydrogen-bond donors (Lipinski definition) is 3. The molecule has 1 aliphatic rings. The predicted molar refractivity (Wildman–Crippen MR) is 64.0 cm³/mol. The summed E-state index contributed by atoms with van der Waals surface area (Å²) in [7, 11) is 0. The van der Waals surface area contributed by atoms with Crippen LogP contribution in [-0.4, -0.2) is 52.6 Å². The van der Waals surface area contributed by atoms with Gasteiger partial charge < -0.3 is 20.6 Å². The highest BCUT2D eigenvalue weighted by Gasteiger charge is 2.41. The van der Waals surface area contributed by atoms with E-state index in [0.29, 0.717) is 19.5 Å². The lowest BCUT2D eigenvalue weighted by atomic mass is 9.99. The minimum atomic E-state index is -1.08. The molecule has 0 spiro atoms. The molecule has 102 valence electrons. The third-order valence-electron chi connectivity index (χ3n) is 3.10. The van der Waals surface area contributed by atoms with E-state index in [1.54, 1.807) is 20.8 Å². The van der Waals surface area contributed by atoms with Gasteiger partial charge in [0.1, 0.15) is 11.6 Å². The van der Waals surface area contributed by atoms with Gasteiger partial charge in [-0.05, 0) is 20.3 Å². The van der Waals surface area contributed by atoms with Crippen molar-refractivity contribution < 1.29 is 19.5 Å². The van der Waals surface area contributed by atoms with Crippen LogP contribution in [0.2, 0.25) is 0 Å². The third kappa shape index (κ3) is 2.72. The van der Waals surface area contributed by atoms with Gasteiger partial charge in [0.15, 0.2) is 0 Å². The van der Waals surface area contributed by atoms with Crippen molar-refractivity contribution in [3.63, 3.8) is 0 Å². The molecule has 0 aliphatic carbocycles. The fourth-order valence-corrected chi connectivity index (χ4v) is 1.82. The van der Waals surface area contributed by atoms with Crippen molar-refractivity contribution in [2.75, 3.05) is 13.1 Å². The Hall–Kier alpha value is -1.79. The van der Waals surface area contributed by atoms with E-state index in [2.05, 4.69) is 10.6 Å². The summed E-state index contributed by atoms with van der Waals surface area (Å²) in [4.78, 5) is 35.9. The zero-order valence-corrected chi connectivity index (χ0v) is 10.8. The maximum atomic E-state index is 12.0. The van der Waals surface area contributed by atoms with E-state index in [1.807, 2.05) is 0 Å². The summed E-state index contributed by atoms with van der Waals surface area (Å²) >= 11 is 0. The summed E-state index contributed by atoms with van der Waals surface area (Å²) in [6.07, 6.45) is 0.293. The molecule has 0 saturated carbocycles. The highest BCUT2D eigenvalue weighted by atomic mass is 16.4. The van der Waals surface area contributed by atoms with Crippen LogP contribution in [0.3, 0.4) is 0 Å². The fraction of sp³-hybridized carbons (Fsp3) is 0.727. The number of nitrogens with zero attached hydrogens (tertiary/aromatic N) is 1. The number of rotatable bonds is 3. The molecule has 0 aromatic rings. The van der Waals surface area contributed by atoms with Crippen LogP contribution in [0.25, 0.3) is 0 Å². The molecule has 3 N–H and O–H groups in total. The molecule has 1 rings (SSSR count). The number of amides is 3. The van der Waals surface area contributed by atoms with Crippen LogP contribution >= 0.6 is 0 Å². The molecule has 7 nitrogen and oxygen atoms in total. The Labute approximate surface area is 106 Å². The summed E-state index contributed by atoms with van der Waals surface area (Å²) in [6.45, 7) is 5.67. The van der Waals surface area contributed by atoms with Crippen molar-refractivity contribution >= 4 is 17.9 Å². The SMILES string of the molecule is CCC(NC(=O)N1CCNC(=O)C1(C)C)C(=O)O. The Morgan fingerprint density at radius 2 is 2.17 bits per heavy atom. The van der Waals surface area contributed by atoms with Crippen molar-refractivity contribution in [2.24, 2.45) is 0 Å². The second kappa shape index (κ2) is 5.24. The maximum absolute atomic E-state index is 12.0. The predicted octanol–water partition coefficient (Wildman–Crippen LogP) is -0.230. The number of nitrogens with one attached hydrogen (secondary N) is 2. The van der Waals surface area contributed by atoms with Crippen molar-refractivity contribution in [3.05, 3.63) is 0 Å². The number of urea groups is 1. The molecule has 0 aromatic heterocycles. The minimum absolute atomic E-state index is 0.243. The number of aliphatic carboxylic acids is 1. The molecule has 1 atom stereocenters. The molecule has 3 amide bonds. The van der Waals surface area contributed by atoms with Crippen LogP contribution in [0.5, 0.6) is 0 Å². The van der Waals surface area contributed by atoms with Crippen LogP contribution in [-0.2, 0) is 9.59 Å². The van der Waals surface area contributed by atoms with Crippen molar-refractivity contribution in [2.45, 2.75) is 38.8 Å². The Balaban J connectivity index is 2.77. The van der Waals surface area contributed by atoms with E-state index in [9.17, 15) is 14.4 Å². The molecule has 1 saturated heterocycles. The molecule has 0 bridgehead atoms. The molecule has 0 radical (unpaired) electrons. The topological polar surface area (TPSA) is 98.7 Å². The van der Waals surface area contributed by atoms with Crippen LogP contribution in [0.15, 0.2) is 0 Å². The third-order valence-corrected chi connectivity index (χ3v) is 3.10. The van der Waals surface area contributed by atoms with E-state index in [0.717, 1.165) is 0 Å². The van der Waals surface area contributed by atoms with Gasteiger partial charge in [-0.25, -0.2) is 9.59 Å². The van der Waals surface area contributed by atoms with Gasteiger partial charge in [-0.1, -0.05) is 6.92 Å². The molecule has 1 fully saturated rings. The molecule has 7 heteroatoms. The normalized spacial score (nSPS) is 19.9. The van der Waals surface area contributed by atoms with Gasteiger partial charge in [0.2, 0.25) is 5.91 Å². The Kier molecular flexibility index (Phi) is 4.15. The molecule has 18 heavy (non-hydrogen) atoms. The van der Waals surface area contributed by atoms with Gasteiger partial charge in [-0.3, -0.25) is 4.79 Å². The summed E-state index contributed by atoms with van der Waals surface area (Å²) < 4.78 is 0. The summed E-state index contributed by atoms with van der Waals surface area (Å²) in [5, 5.41) is 14.0. The lowest BCUT2D eigenvalue weighted by Crippen LogP contribution is -2.66. The van der Waals surface area contributed by atoms with E-state index in [4.69, 9.17) is 5.11 Å². The number of carboxylic acid groups (broad SMARTS) is 1. The van der Waals surface area contributed by atoms with Gasteiger partial charge in [0.05, 0.1) is 0 Å². The second-order valence-electron chi connectivity index (χ2n) is 4.72. The molecular weight excluding hydrogens is 238 g/mol. The molecule has 0 aromatic carbocycles. The van der Waals surface area contributed by atoms with Gasteiger partial charge in [-0.2, -0.15) is 0 Å². The van der Waals surface area contributed by atoms with Crippen molar-refractivity contribution in [1.29, 1.82) is 0 Å². The standard InChI is InChI=1S/C11H19N3O4/c1-4-7(8(15)16)13-10(18)14-6-5-12-9(17)11(14,2)3/h7H,4-6H2,1-3H3,(H,12,17)(H,13,18)(H,15,16). The highest BCUT2D eigenvalue weighted by molar-refractivity contribution is 5.92. The smallest absolute Gasteiger partial charge is 0.326 e. The van der Waals surface area contributed by atoms with Crippen LogP contribution in [0.4, 0.5) is 4.79 Å². The van der Waals surface area contributed by atoms with E-state index < -0.39 is 23.6 Å². The van der Waals surface area contributed by atoms with E-state index in [1.165, 1.54) is 4.90 Å². The van der Waals surface area contributed by atoms with Gasteiger partial charge in [0, 0.05) is 13.1 Å². The zero-order chi connectivity index (χ0) is 13.9. The van der Waals surface area contributed by atoms with Gasteiger partial charge >= 0.3 is 12.0 Å². The Morgan fingerprint density at radius 1 is 1.56 bits per heavy atom. The first-order valence-electron chi connectivity index (χ1n) is 5.90. The second-order valence-corrected chi connectivity index (χ2v) is 4.72. The molecule has 1 heterocycles. The maximum Gasteiger partial charge on any atom is 0.326 e. The number of carboxylic acids is 1. The van der Waals surface area contributed by atoms with Crippen LogP contribution in [0, 0.1) is 0 Å². The lowest BCUT2D eigenvalue weighted by molar-refractivity contribution is -0.139. The zero-order valence-electron chi connectivity index (χ0n) is 10.8. The monoisotopic (exact) mass is 257 g/mol. The lowest BCUT2D eigenvalue weighted by Gasteiger charge is -2.41. The van der Waals surface area contributed by atoms with Gasteiger partial charge in [0.25, 0.3) is 0 Å². The van der Waals surface area contributed by atoms with Crippen LogP contribution in [0.1, 0.15) is 27.2 Å². The van der Waals surface area contributed by atoms with Gasteiger partial charge in [-0.15, -0.1) is 0 Å². The first-order chi connectivity index (χ1) is 8.30. The highest BCUT2D eigenvalue weighted by Crippen LogP contribution is 2.17. The molecular formula is C11H19N3O4. The van der Waals surface area contributed by atoms with E-state index in [-0.39, 0.29) is 5.91 Å². The minimum Gasteiger partial charge on any atom is -0.480 e. The number of piperazine rings is 1. The number of hydrogen-bond acceptors (Lipinski definition) is 3. The largest absolute Gasteiger partial charge is 0.480 e. The quantitative estimate of drug-likeness (QED) is 0.650. The van der Waals surface area contributed by atoms with Crippen molar-refractivity contribution in [1.82, 2.24) is 15.5 Å². The number of carbonyl (C=O) groups excluding carboxylic acids is 2. The Bertz CT molecular complexity index is 367. The summed E-state index contributed by atoms with van der Waals surface area (Å²) in [5.74, 6) is -1.32. The van der Waals surface area contributed by atoms with Crippen molar-refractivity contribution in [3.8, 4) is 0 Å². The average molecular weight is 257 g/mol. The first kappa shape index (κ1) is 14.3. The summed E-state index contributed by atoms with van der Waals surface area (Å²) in [6, 6.07) is -1.46. The fourth-order valence-electron chi connectivity index (χ4n) is 1.82. The number of carbonyl (C=O) groups is 3. The summed E-state index contributed by atoms with van der Waals surface area (Å²) in [5.41, 5.74) is -0.973. The average Bonchev–Trinajstić information content (AvgIpc) is 2.28. The first-order valence-corrected chi connectivity index (χ1v) is 5.90. The Morgan fingerprint density at radius 3 is 2.67 bits per heavy atom. The molecule has 1 aliphatic heterocycles.